The van der Waals surface area contributed by atoms with E-state index in [1.165, 1.54) is 10.5 Å². The number of fused-ring (bicyclic) bond motifs is 3. The Bertz CT molecular complexity index is 2520. The summed E-state index contributed by atoms with van der Waals surface area (Å²) < 4.78 is 20.7. The fraction of sp³-hybridized carbons (Fsp3) is 0.380. The van der Waals surface area contributed by atoms with Crippen LogP contribution in [0.4, 0.5) is 16.2 Å². The number of carboxylic acid groups (broad SMARTS) is 1. The Hall–Kier alpha value is -6.05. The van der Waals surface area contributed by atoms with Gasteiger partial charge < -0.3 is 33.4 Å². The molecule has 0 aliphatic carbocycles. The molecule has 5 heterocycles. The lowest BCUT2D eigenvalue weighted by Crippen LogP contribution is -2.54. The zero-order chi connectivity index (χ0) is 44.0. The van der Waals surface area contributed by atoms with E-state index in [9.17, 15) is 9.90 Å². The number of hydrogen-bond acceptors (Lipinski definition) is 7. The summed E-state index contributed by atoms with van der Waals surface area (Å²) in [6.07, 6.45) is 2.38. The topological polar surface area (TPSA) is 117 Å². The molecule has 1 fully saturated rings. The first-order chi connectivity index (χ1) is 30.3. The van der Waals surface area contributed by atoms with Gasteiger partial charge in [0, 0.05) is 80.2 Å². The molecule has 0 bridgehead atoms. The number of amides is 3. The molecule has 0 unspecified atom stereocenters. The van der Waals surface area contributed by atoms with E-state index in [0.717, 1.165) is 53.3 Å². The summed E-state index contributed by atoms with van der Waals surface area (Å²) in [5, 5.41) is 9.63. The predicted molar refractivity (Wildman–Crippen MR) is 246 cm³/mol. The normalized spacial score (nSPS) is 17.5. The van der Waals surface area contributed by atoms with E-state index < -0.39 is 14.4 Å². The minimum atomic E-state index is -2.09. The van der Waals surface area contributed by atoms with Crippen molar-refractivity contribution < 1.29 is 33.4 Å². The van der Waals surface area contributed by atoms with Crippen LogP contribution in [0.3, 0.4) is 0 Å². The maximum absolute atomic E-state index is 15.4. The van der Waals surface area contributed by atoms with Gasteiger partial charge in [-0.25, -0.2) is 4.79 Å². The third-order valence-electron chi connectivity index (χ3n) is 13.7. The maximum atomic E-state index is 15.4. The molecule has 0 saturated carbocycles. The molecule has 12 nitrogen and oxygen atoms in total. The zero-order valence-electron chi connectivity index (χ0n) is 36.9. The van der Waals surface area contributed by atoms with Gasteiger partial charge in [0.05, 0.1) is 11.1 Å². The van der Waals surface area contributed by atoms with Crippen LogP contribution in [-0.2, 0) is 25.9 Å². The molecule has 4 aromatic carbocycles. The molecular formula is C50H57N5O7Si. The van der Waals surface area contributed by atoms with E-state index >= 15 is 9.59 Å². The minimum Gasteiger partial charge on any atom is -0.544 e. The number of para-hydroxylation sites is 1. The number of ether oxygens (including phenoxy) is 2. The first-order valence-electron chi connectivity index (χ1n) is 22.2. The predicted octanol–water partition coefficient (Wildman–Crippen LogP) is 9.45. The number of carbonyl (C=O) groups is 3. The van der Waals surface area contributed by atoms with Gasteiger partial charge in [-0.05, 0) is 110 Å². The second-order valence-electron chi connectivity index (χ2n) is 18.7. The molecule has 9 rings (SSSR count). The summed E-state index contributed by atoms with van der Waals surface area (Å²) in [7, 11) is -2.09. The Balaban J connectivity index is 1.10. The van der Waals surface area contributed by atoms with Crippen LogP contribution in [0.1, 0.15) is 71.1 Å². The first-order valence-corrected chi connectivity index (χ1v) is 25.1. The minimum absolute atomic E-state index is 0.0359. The Morgan fingerprint density at radius 1 is 0.794 bits per heavy atom. The highest BCUT2D eigenvalue weighted by Crippen LogP contribution is 2.43. The number of hydrogen-bond donors (Lipinski definition) is 1. The molecule has 1 saturated heterocycles. The van der Waals surface area contributed by atoms with Gasteiger partial charge in [-0.1, -0.05) is 63.2 Å². The Kier molecular flexibility index (Phi) is 11.3. The van der Waals surface area contributed by atoms with Crippen LogP contribution < -0.4 is 18.8 Å². The summed E-state index contributed by atoms with van der Waals surface area (Å²) >= 11 is 0. The van der Waals surface area contributed by atoms with Crippen molar-refractivity contribution in [3.8, 4) is 28.5 Å². The summed E-state index contributed by atoms with van der Waals surface area (Å²) in [6, 6.07) is 31.4. The Morgan fingerprint density at radius 2 is 1.46 bits per heavy atom. The summed E-state index contributed by atoms with van der Waals surface area (Å²) in [4.78, 5) is 49.9. The van der Waals surface area contributed by atoms with Crippen LogP contribution in [0.2, 0.25) is 18.1 Å². The molecule has 1 N–H and O–H groups in total. The van der Waals surface area contributed by atoms with Crippen LogP contribution in [0.25, 0.3) is 11.3 Å². The van der Waals surface area contributed by atoms with Crippen LogP contribution in [0, 0.1) is 0 Å². The molecule has 13 heteroatoms. The lowest BCUT2D eigenvalue weighted by atomic mass is 9.92. The summed E-state index contributed by atoms with van der Waals surface area (Å²) in [6.45, 7) is 15.0. The number of aromatic nitrogens is 1. The zero-order valence-corrected chi connectivity index (χ0v) is 37.9. The van der Waals surface area contributed by atoms with Crippen molar-refractivity contribution >= 4 is 37.6 Å². The van der Waals surface area contributed by atoms with Gasteiger partial charge in [0.1, 0.15) is 5.75 Å². The van der Waals surface area contributed by atoms with Crippen molar-refractivity contribution in [2.45, 2.75) is 83.7 Å². The fourth-order valence-corrected chi connectivity index (χ4v) is 10.2. The van der Waals surface area contributed by atoms with Crippen LogP contribution in [0.5, 0.6) is 17.2 Å². The van der Waals surface area contributed by atoms with E-state index in [2.05, 4.69) is 55.5 Å². The highest BCUT2D eigenvalue weighted by atomic mass is 28.4. The number of carbonyl (C=O) groups excluding carboxylic acids is 2. The van der Waals surface area contributed by atoms with Gasteiger partial charge in [0.2, 0.25) is 15.1 Å². The van der Waals surface area contributed by atoms with Crippen molar-refractivity contribution in [2.24, 2.45) is 0 Å². The average molecular weight is 868 g/mol. The second-order valence-corrected chi connectivity index (χ2v) is 23.4. The van der Waals surface area contributed by atoms with Crippen molar-refractivity contribution in [3.05, 3.63) is 125 Å². The second kappa shape index (κ2) is 16.9. The van der Waals surface area contributed by atoms with Gasteiger partial charge in [0.15, 0.2) is 11.5 Å². The van der Waals surface area contributed by atoms with Gasteiger partial charge in [0.25, 0.3) is 11.8 Å². The maximum Gasteiger partial charge on any atom is 0.407 e. The molecule has 63 heavy (non-hydrogen) atoms. The van der Waals surface area contributed by atoms with Gasteiger partial charge in [-0.2, -0.15) is 0 Å². The van der Waals surface area contributed by atoms with E-state index in [4.69, 9.17) is 13.9 Å². The molecule has 4 aliphatic heterocycles. The highest BCUT2D eigenvalue weighted by molar-refractivity contribution is 6.74. The van der Waals surface area contributed by atoms with E-state index in [1.807, 2.05) is 89.8 Å². The van der Waals surface area contributed by atoms with Crippen LogP contribution in [-0.4, -0.2) is 96.2 Å². The SMILES string of the molecule is CC(C)(C)[Si](C)(C)Oc1ccc(N(C(=O)c2cc(-c3cc4c(cc3C(=O)N3Cc5ccccc5C[C@H]3CN3CCN(C(=O)O)CC3)OCO4)n3c2CCCC3)c2ccccc2)cc1. The van der Waals surface area contributed by atoms with Gasteiger partial charge in [-0.15, -0.1) is 0 Å². The summed E-state index contributed by atoms with van der Waals surface area (Å²) in [5.74, 6) is 1.58. The lowest BCUT2D eigenvalue weighted by Gasteiger charge is -2.42. The smallest absolute Gasteiger partial charge is 0.407 e. The van der Waals surface area contributed by atoms with Crippen LogP contribution >= 0.6 is 0 Å². The Morgan fingerprint density at radius 3 is 2.16 bits per heavy atom. The van der Waals surface area contributed by atoms with Gasteiger partial charge in [-0.3, -0.25) is 19.4 Å². The van der Waals surface area contributed by atoms with Crippen molar-refractivity contribution in [1.82, 2.24) is 19.3 Å². The number of piperazine rings is 1. The summed E-state index contributed by atoms with van der Waals surface area (Å²) in [5.41, 5.74) is 7.31. The molecule has 0 spiro atoms. The molecule has 3 amide bonds. The largest absolute Gasteiger partial charge is 0.544 e. The van der Waals surface area contributed by atoms with E-state index in [-0.39, 0.29) is 29.7 Å². The number of rotatable bonds is 9. The van der Waals surface area contributed by atoms with Crippen molar-refractivity contribution in [3.63, 3.8) is 0 Å². The average Bonchev–Trinajstić information content (AvgIpc) is 3.91. The first kappa shape index (κ1) is 42.3. The molecular weight excluding hydrogens is 811 g/mol. The molecule has 5 aromatic rings. The van der Waals surface area contributed by atoms with Crippen molar-refractivity contribution in [1.29, 1.82) is 0 Å². The van der Waals surface area contributed by atoms with Crippen LogP contribution in [0.15, 0.2) is 97.1 Å². The Labute approximate surface area is 370 Å². The highest BCUT2D eigenvalue weighted by Gasteiger charge is 2.40. The quantitative estimate of drug-likeness (QED) is 0.146. The molecule has 4 aliphatic rings. The molecule has 0 radical (unpaired) electrons. The van der Waals surface area contributed by atoms with E-state index in [0.29, 0.717) is 80.4 Å². The van der Waals surface area contributed by atoms with Crippen molar-refractivity contribution in [2.75, 3.05) is 44.4 Å². The third kappa shape index (κ3) is 8.31. The lowest BCUT2D eigenvalue weighted by molar-refractivity contribution is 0.0522. The third-order valence-corrected chi connectivity index (χ3v) is 18.1. The standard InChI is InChI=1S/C50H57N5O7Si/c1-50(2,3)63(4,5)62-39-20-18-37(19-21-39)55(36-15-7-6-8-16-36)48(57)42-28-44(53-22-12-11-17-43(42)53)40-29-45-46(61-33-60-45)30-41(40)47(56)54-31-35-14-10-9-13-34(35)27-38(54)32-51-23-25-52(26-24-51)49(58)59/h6-10,13-16,18-21,28-30,38H,11-12,17,22-27,31-33H2,1-5H3,(H,58,59)/t38-/m0/s1. The molecule has 1 atom stereocenters. The number of nitrogens with zero attached hydrogens (tertiary/aromatic N) is 5. The number of anilines is 2. The number of benzene rings is 4. The molecule has 328 valence electrons. The molecule has 1 aromatic heterocycles. The monoisotopic (exact) mass is 867 g/mol. The fourth-order valence-electron chi connectivity index (χ4n) is 9.17. The van der Waals surface area contributed by atoms with E-state index in [1.54, 1.807) is 4.90 Å². The van der Waals surface area contributed by atoms with Gasteiger partial charge >= 0.3 is 6.09 Å².